The number of hydrogen-bond acceptors (Lipinski definition) is 8. The van der Waals surface area contributed by atoms with Gasteiger partial charge in [-0.05, 0) is 67.4 Å². The molecule has 2 amide bonds. The molecule has 0 spiro atoms. The van der Waals surface area contributed by atoms with E-state index in [2.05, 4.69) is 16.0 Å². The SMILES string of the molecule is COCCOCCN(C1CCNCC1)S(=O)(=O)c1cccc(C2=CC3=CN(c4ccc(CN)cc4)C(=O)NC3N2)c1. The van der Waals surface area contributed by atoms with Crippen molar-refractivity contribution in [2.24, 2.45) is 5.73 Å². The van der Waals surface area contributed by atoms with Crippen molar-refractivity contribution < 1.29 is 22.7 Å². The van der Waals surface area contributed by atoms with Crippen molar-refractivity contribution >= 4 is 27.4 Å². The fourth-order valence-corrected chi connectivity index (χ4v) is 6.98. The third-order valence-electron chi connectivity index (χ3n) is 7.51. The van der Waals surface area contributed by atoms with Gasteiger partial charge in [0.05, 0.1) is 30.4 Å². The van der Waals surface area contributed by atoms with Gasteiger partial charge >= 0.3 is 6.03 Å². The van der Waals surface area contributed by atoms with E-state index in [9.17, 15) is 13.2 Å². The molecule has 220 valence electrons. The third kappa shape index (κ3) is 6.64. The van der Waals surface area contributed by atoms with Crippen LogP contribution in [0.25, 0.3) is 5.70 Å². The first-order chi connectivity index (χ1) is 19.9. The maximum absolute atomic E-state index is 14.0. The van der Waals surface area contributed by atoms with Crippen LogP contribution in [0.5, 0.6) is 0 Å². The van der Waals surface area contributed by atoms with E-state index in [0.717, 1.165) is 54.0 Å². The predicted octanol–water partition coefficient (Wildman–Crippen LogP) is 1.93. The van der Waals surface area contributed by atoms with Gasteiger partial charge in [0.1, 0.15) is 6.17 Å². The lowest BCUT2D eigenvalue weighted by Crippen LogP contribution is -2.51. The second-order valence-electron chi connectivity index (χ2n) is 10.2. The number of sulfonamides is 1. The van der Waals surface area contributed by atoms with Gasteiger partial charge in [0.15, 0.2) is 0 Å². The Bertz CT molecular complexity index is 1390. The van der Waals surface area contributed by atoms with Crippen LogP contribution in [0.3, 0.4) is 0 Å². The number of hydrogen-bond donors (Lipinski definition) is 4. The highest BCUT2D eigenvalue weighted by molar-refractivity contribution is 7.89. The lowest BCUT2D eigenvalue weighted by atomic mass is 10.1. The summed E-state index contributed by atoms with van der Waals surface area (Å²) in [5.74, 6) is 0. The zero-order chi connectivity index (χ0) is 28.8. The van der Waals surface area contributed by atoms with Crippen molar-refractivity contribution in [3.63, 3.8) is 0 Å². The molecule has 1 unspecified atom stereocenters. The molecule has 41 heavy (non-hydrogen) atoms. The Kier molecular flexibility index (Phi) is 9.38. The average molecular weight is 583 g/mol. The summed E-state index contributed by atoms with van der Waals surface area (Å²) in [6.45, 7) is 3.41. The van der Waals surface area contributed by atoms with Gasteiger partial charge in [-0.1, -0.05) is 24.3 Å². The minimum absolute atomic E-state index is 0.104. The average Bonchev–Trinajstić information content (AvgIpc) is 3.42. The standard InChI is InChI=1S/C29H38N6O5S/c1-39-15-16-40-14-13-35(25-9-11-31-12-10-25)41(37,38)26-4-2-3-22(17-26)27-18-23-20-34(29(36)33-28(23)32-27)24-7-5-21(19-30)6-8-24/h2-8,17-18,20,25,28,31-32H,9-16,19,30H2,1H3,(H,33,36). The summed E-state index contributed by atoms with van der Waals surface area (Å²) in [4.78, 5) is 14.6. The Morgan fingerprint density at radius 3 is 2.56 bits per heavy atom. The Morgan fingerprint density at radius 1 is 1.05 bits per heavy atom. The van der Waals surface area contributed by atoms with Crippen LogP contribution in [0.2, 0.25) is 0 Å². The Labute approximate surface area is 241 Å². The van der Waals surface area contributed by atoms with Gasteiger partial charge in [-0.2, -0.15) is 4.31 Å². The Balaban J connectivity index is 1.37. The molecular formula is C29H38N6O5S. The molecule has 12 heteroatoms. The van der Waals surface area contributed by atoms with Gasteiger partial charge in [-0.25, -0.2) is 13.2 Å². The molecule has 0 radical (unpaired) electrons. The predicted molar refractivity (Wildman–Crippen MR) is 157 cm³/mol. The molecule has 11 nitrogen and oxygen atoms in total. The van der Waals surface area contributed by atoms with Gasteiger partial charge in [0, 0.05) is 43.7 Å². The molecule has 0 saturated carbocycles. The molecule has 2 aromatic carbocycles. The van der Waals surface area contributed by atoms with Crippen molar-refractivity contribution in [3.05, 3.63) is 77.5 Å². The number of benzene rings is 2. The number of carbonyl (C=O) groups is 1. The van der Waals surface area contributed by atoms with E-state index < -0.39 is 16.2 Å². The van der Waals surface area contributed by atoms with Crippen LogP contribution in [0, 0.1) is 0 Å². The van der Waals surface area contributed by atoms with Gasteiger partial charge < -0.3 is 31.2 Å². The maximum atomic E-state index is 14.0. The van der Waals surface area contributed by atoms with Crippen LogP contribution in [0.15, 0.2) is 71.3 Å². The largest absolute Gasteiger partial charge is 0.382 e. The van der Waals surface area contributed by atoms with E-state index in [1.165, 1.54) is 0 Å². The van der Waals surface area contributed by atoms with Crippen LogP contribution in [0.1, 0.15) is 24.0 Å². The Hall–Kier alpha value is -3.26. The molecule has 5 rings (SSSR count). The number of urea groups is 1. The number of nitrogens with zero attached hydrogens (tertiary/aromatic N) is 2. The topological polar surface area (TPSA) is 138 Å². The number of anilines is 1. The number of nitrogens with two attached hydrogens (primary N) is 1. The molecule has 1 fully saturated rings. The monoisotopic (exact) mass is 582 g/mol. The first-order valence-corrected chi connectivity index (χ1v) is 15.3. The minimum Gasteiger partial charge on any atom is -0.382 e. The van der Waals surface area contributed by atoms with E-state index >= 15 is 0 Å². The molecular weight excluding hydrogens is 544 g/mol. The Morgan fingerprint density at radius 2 is 1.83 bits per heavy atom. The van der Waals surface area contributed by atoms with E-state index in [-0.39, 0.29) is 23.5 Å². The summed E-state index contributed by atoms with van der Waals surface area (Å²) in [5, 5.41) is 9.61. The van der Waals surface area contributed by atoms with Gasteiger partial charge in [0.25, 0.3) is 0 Å². The first-order valence-electron chi connectivity index (χ1n) is 13.9. The highest BCUT2D eigenvalue weighted by Gasteiger charge is 2.34. The maximum Gasteiger partial charge on any atom is 0.327 e. The van der Waals surface area contributed by atoms with E-state index in [1.807, 2.05) is 36.4 Å². The normalized spacial score (nSPS) is 19.4. The van der Waals surface area contributed by atoms with Crippen LogP contribution in [-0.4, -0.2) is 77.5 Å². The molecule has 0 bridgehead atoms. The highest BCUT2D eigenvalue weighted by Crippen LogP contribution is 2.30. The molecule has 0 aliphatic carbocycles. The molecule has 3 heterocycles. The number of fused-ring (bicyclic) bond motifs is 1. The zero-order valence-corrected chi connectivity index (χ0v) is 24.0. The van der Waals surface area contributed by atoms with E-state index in [1.54, 1.807) is 40.7 Å². The van der Waals surface area contributed by atoms with E-state index in [4.69, 9.17) is 15.2 Å². The van der Waals surface area contributed by atoms with Gasteiger partial charge in [-0.15, -0.1) is 0 Å². The van der Waals surface area contributed by atoms with Gasteiger partial charge in [-0.3, -0.25) is 4.90 Å². The van der Waals surface area contributed by atoms with Crippen molar-refractivity contribution in [3.8, 4) is 0 Å². The van der Waals surface area contributed by atoms with Crippen molar-refractivity contribution in [1.82, 2.24) is 20.3 Å². The lowest BCUT2D eigenvalue weighted by molar-refractivity contribution is 0.0613. The second-order valence-corrected chi connectivity index (χ2v) is 12.1. The zero-order valence-electron chi connectivity index (χ0n) is 23.2. The summed E-state index contributed by atoms with van der Waals surface area (Å²) in [7, 11) is -2.19. The van der Waals surface area contributed by atoms with Crippen LogP contribution >= 0.6 is 0 Å². The summed E-state index contributed by atoms with van der Waals surface area (Å²) in [6.07, 6.45) is 4.80. The number of carbonyl (C=O) groups excluding carboxylic acids is 1. The highest BCUT2D eigenvalue weighted by atomic mass is 32.2. The molecule has 2 aromatic rings. The molecule has 3 aliphatic heterocycles. The molecule has 3 aliphatic rings. The van der Waals surface area contributed by atoms with Crippen LogP contribution in [0.4, 0.5) is 10.5 Å². The molecule has 5 N–H and O–H groups in total. The number of amides is 2. The van der Waals surface area contributed by atoms with E-state index in [0.29, 0.717) is 26.4 Å². The summed E-state index contributed by atoms with van der Waals surface area (Å²) >= 11 is 0. The number of piperidine rings is 1. The summed E-state index contributed by atoms with van der Waals surface area (Å²) in [5.41, 5.74) is 9.72. The first kappa shape index (κ1) is 29.2. The number of ether oxygens (including phenoxy) is 2. The second kappa shape index (κ2) is 13.1. The summed E-state index contributed by atoms with van der Waals surface area (Å²) in [6, 6.07) is 14.1. The molecule has 0 aromatic heterocycles. The third-order valence-corrected chi connectivity index (χ3v) is 9.46. The number of rotatable bonds is 12. The van der Waals surface area contributed by atoms with Crippen molar-refractivity contribution in [2.45, 2.75) is 36.5 Å². The fraction of sp³-hybridized carbons (Fsp3) is 0.414. The smallest absolute Gasteiger partial charge is 0.327 e. The van der Waals surface area contributed by atoms with Crippen LogP contribution < -0.4 is 26.6 Å². The lowest BCUT2D eigenvalue weighted by Gasteiger charge is -2.33. The molecule has 1 atom stereocenters. The summed E-state index contributed by atoms with van der Waals surface area (Å²) < 4.78 is 40.2. The van der Waals surface area contributed by atoms with Gasteiger partial charge in [0.2, 0.25) is 10.0 Å². The fourth-order valence-electron chi connectivity index (χ4n) is 5.27. The molecule has 1 saturated heterocycles. The van der Waals surface area contributed by atoms with Crippen molar-refractivity contribution in [2.75, 3.05) is 51.5 Å². The van der Waals surface area contributed by atoms with Crippen LogP contribution in [-0.2, 0) is 26.0 Å². The van der Waals surface area contributed by atoms with Crippen molar-refractivity contribution in [1.29, 1.82) is 0 Å². The number of methoxy groups -OCH3 is 1. The quantitative estimate of drug-likeness (QED) is 0.279. The number of nitrogens with one attached hydrogen (secondary N) is 3. The minimum atomic E-state index is -3.79.